The molecule has 2 aromatic rings. The Morgan fingerprint density at radius 3 is 2.67 bits per heavy atom. The molecule has 0 spiro atoms. The number of benzene rings is 1. The van der Waals surface area contributed by atoms with Crippen LogP contribution in [0.1, 0.15) is 24.7 Å². The summed E-state index contributed by atoms with van der Waals surface area (Å²) >= 11 is 6.13. The molecule has 146 valence electrons. The Morgan fingerprint density at radius 2 is 2.07 bits per heavy atom. The third kappa shape index (κ3) is 5.06. The number of anilines is 1. The maximum absolute atomic E-state index is 13.2. The topological polar surface area (TPSA) is 61.6 Å². The van der Waals surface area contributed by atoms with Gasteiger partial charge in [-0.2, -0.15) is 0 Å². The molecule has 1 N–H and O–H groups in total. The average Bonchev–Trinajstić information content (AvgIpc) is 3.04. The van der Waals surface area contributed by atoms with Crippen molar-refractivity contribution in [2.24, 2.45) is 0 Å². The van der Waals surface area contributed by atoms with Gasteiger partial charge in [0.1, 0.15) is 11.6 Å². The van der Waals surface area contributed by atoms with E-state index in [1.165, 1.54) is 12.1 Å². The van der Waals surface area contributed by atoms with E-state index in [-0.39, 0.29) is 17.8 Å². The highest BCUT2D eigenvalue weighted by Gasteiger charge is 2.28. The number of nitrogens with one attached hydrogen (secondary N) is 1. The summed E-state index contributed by atoms with van der Waals surface area (Å²) in [6.45, 7) is 7.66. The van der Waals surface area contributed by atoms with E-state index in [0.29, 0.717) is 29.6 Å². The van der Waals surface area contributed by atoms with E-state index in [4.69, 9.17) is 16.1 Å². The minimum atomic E-state index is -0.326. The third-order valence-electron chi connectivity index (χ3n) is 4.83. The van der Waals surface area contributed by atoms with E-state index in [9.17, 15) is 9.18 Å². The van der Waals surface area contributed by atoms with Gasteiger partial charge in [-0.1, -0.05) is 29.7 Å². The summed E-state index contributed by atoms with van der Waals surface area (Å²) in [4.78, 5) is 17.1. The number of carbonyl (C=O) groups is 1. The molecule has 0 bridgehead atoms. The summed E-state index contributed by atoms with van der Waals surface area (Å²) < 4.78 is 18.2. The lowest BCUT2D eigenvalue weighted by Crippen LogP contribution is -2.53. The fraction of sp³-hybridized carbons (Fsp3) is 0.474. The van der Waals surface area contributed by atoms with E-state index in [2.05, 4.69) is 20.3 Å². The Hall–Kier alpha value is -1.96. The number of rotatable bonds is 6. The molecule has 1 saturated heterocycles. The van der Waals surface area contributed by atoms with Crippen LogP contribution in [0.5, 0.6) is 0 Å². The maximum atomic E-state index is 13.2. The van der Waals surface area contributed by atoms with E-state index in [1.807, 2.05) is 6.92 Å². The Balaban J connectivity index is 1.54. The molecular weight excluding hydrogens is 371 g/mol. The third-order valence-corrected chi connectivity index (χ3v) is 5.18. The van der Waals surface area contributed by atoms with Crippen LogP contribution in [-0.4, -0.2) is 53.1 Å². The maximum Gasteiger partial charge on any atom is 0.242 e. The van der Waals surface area contributed by atoms with Crippen LogP contribution in [0, 0.1) is 12.7 Å². The molecule has 1 fully saturated rings. The first-order valence-electron chi connectivity index (χ1n) is 9.10. The fourth-order valence-corrected chi connectivity index (χ4v) is 3.60. The predicted octanol–water partition coefficient (Wildman–Crippen LogP) is 3.31. The quantitative estimate of drug-likeness (QED) is 0.814. The van der Waals surface area contributed by atoms with Gasteiger partial charge in [-0.25, -0.2) is 4.39 Å². The molecule has 1 atom stereocenters. The van der Waals surface area contributed by atoms with Gasteiger partial charge in [0.2, 0.25) is 5.91 Å². The lowest BCUT2D eigenvalue weighted by Gasteiger charge is -2.38. The predicted molar refractivity (Wildman–Crippen MR) is 102 cm³/mol. The van der Waals surface area contributed by atoms with Gasteiger partial charge in [0.15, 0.2) is 5.82 Å². The minimum Gasteiger partial charge on any atom is -0.360 e. The van der Waals surface area contributed by atoms with Crippen LogP contribution in [0.15, 0.2) is 28.8 Å². The van der Waals surface area contributed by atoms with E-state index < -0.39 is 0 Å². The Kier molecular flexibility index (Phi) is 6.46. The molecule has 0 saturated carbocycles. The van der Waals surface area contributed by atoms with Crippen molar-refractivity contribution >= 4 is 23.3 Å². The van der Waals surface area contributed by atoms with Crippen LogP contribution < -0.4 is 5.32 Å². The Bertz CT molecular complexity index is 790. The van der Waals surface area contributed by atoms with Crippen molar-refractivity contribution in [3.05, 3.63) is 46.4 Å². The molecule has 1 amide bonds. The number of carbonyl (C=O) groups excluding carboxylic acids is 1. The molecule has 1 unspecified atom stereocenters. The minimum absolute atomic E-state index is 0.0687. The number of nitrogens with zero attached hydrogens (tertiary/aromatic N) is 3. The highest BCUT2D eigenvalue weighted by molar-refractivity contribution is 6.31. The van der Waals surface area contributed by atoms with E-state index in [0.717, 1.165) is 31.7 Å². The molecule has 27 heavy (non-hydrogen) atoms. The monoisotopic (exact) mass is 394 g/mol. The summed E-state index contributed by atoms with van der Waals surface area (Å²) in [6, 6.07) is 6.00. The summed E-state index contributed by atoms with van der Waals surface area (Å²) in [6.07, 6.45) is 0.715. The second-order valence-corrected chi connectivity index (χ2v) is 7.19. The smallest absolute Gasteiger partial charge is 0.242 e. The number of hydrogen-bond donors (Lipinski definition) is 1. The van der Waals surface area contributed by atoms with Crippen molar-refractivity contribution in [3.8, 4) is 0 Å². The molecule has 1 aromatic heterocycles. The zero-order valence-corrected chi connectivity index (χ0v) is 16.3. The summed E-state index contributed by atoms with van der Waals surface area (Å²) in [5.74, 6) is 0.709. The summed E-state index contributed by atoms with van der Waals surface area (Å²) in [7, 11) is 0. The number of halogens is 2. The number of aromatic nitrogens is 1. The second-order valence-electron chi connectivity index (χ2n) is 6.78. The largest absolute Gasteiger partial charge is 0.360 e. The standard InChI is InChI=1S/C19H24ClFN4O2/c1-3-17(19(26)22-18-10-13(2)27-23-18)25-8-6-24(7-9-25)12-14-4-5-15(21)11-16(14)20/h4-5,10-11,17H,3,6-9,12H2,1-2H3,(H,22,23,26). The lowest BCUT2D eigenvalue weighted by atomic mass is 10.1. The first-order valence-corrected chi connectivity index (χ1v) is 9.48. The average molecular weight is 395 g/mol. The zero-order valence-electron chi connectivity index (χ0n) is 15.5. The van der Waals surface area contributed by atoms with Gasteiger partial charge in [-0.3, -0.25) is 14.6 Å². The van der Waals surface area contributed by atoms with Crippen molar-refractivity contribution in [1.29, 1.82) is 0 Å². The van der Waals surface area contributed by atoms with Gasteiger partial charge < -0.3 is 9.84 Å². The first kappa shape index (κ1) is 19.8. The van der Waals surface area contributed by atoms with E-state index in [1.54, 1.807) is 19.1 Å². The van der Waals surface area contributed by atoms with Gasteiger partial charge in [0.25, 0.3) is 0 Å². The highest BCUT2D eigenvalue weighted by Crippen LogP contribution is 2.20. The van der Waals surface area contributed by atoms with Crippen LogP contribution in [0.4, 0.5) is 10.2 Å². The molecule has 6 nitrogen and oxygen atoms in total. The van der Waals surface area contributed by atoms with E-state index >= 15 is 0 Å². The van der Waals surface area contributed by atoms with Gasteiger partial charge in [-0.15, -0.1) is 0 Å². The number of hydrogen-bond acceptors (Lipinski definition) is 5. The molecule has 1 aromatic carbocycles. The van der Waals surface area contributed by atoms with Crippen LogP contribution >= 0.6 is 11.6 Å². The van der Waals surface area contributed by atoms with Gasteiger partial charge in [-0.05, 0) is 31.0 Å². The van der Waals surface area contributed by atoms with Crippen LogP contribution in [0.3, 0.4) is 0 Å². The van der Waals surface area contributed by atoms with Gasteiger partial charge in [0.05, 0.1) is 6.04 Å². The van der Waals surface area contributed by atoms with Crippen molar-refractivity contribution in [2.45, 2.75) is 32.9 Å². The second kappa shape index (κ2) is 8.82. The van der Waals surface area contributed by atoms with Crippen molar-refractivity contribution < 1.29 is 13.7 Å². The number of piperazine rings is 1. The lowest BCUT2D eigenvalue weighted by molar-refractivity contribution is -0.122. The first-order chi connectivity index (χ1) is 13.0. The Labute approximate surface area is 163 Å². The molecule has 3 rings (SSSR count). The van der Waals surface area contributed by atoms with Crippen LogP contribution in [0.25, 0.3) is 0 Å². The van der Waals surface area contributed by atoms with Crippen LogP contribution in [-0.2, 0) is 11.3 Å². The molecule has 1 aliphatic heterocycles. The summed E-state index contributed by atoms with van der Waals surface area (Å²) in [5.41, 5.74) is 0.915. The molecule has 2 heterocycles. The Morgan fingerprint density at radius 1 is 1.33 bits per heavy atom. The van der Waals surface area contributed by atoms with Gasteiger partial charge in [0, 0.05) is 43.8 Å². The summed E-state index contributed by atoms with van der Waals surface area (Å²) in [5, 5.41) is 7.09. The number of amides is 1. The van der Waals surface area contributed by atoms with Gasteiger partial charge >= 0.3 is 0 Å². The molecule has 0 aliphatic carbocycles. The molecule has 1 aliphatic rings. The van der Waals surface area contributed by atoms with Crippen molar-refractivity contribution in [3.63, 3.8) is 0 Å². The molecular formula is C19H24ClFN4O2. The normalized spacial score (nSPS) is 17.0. The SMILES string of the molecule is CCC(C(=O)Nc1cc(C)on1)N1CCN(Cc2ccc(F)cc2Cl)CC1. The van der Waals surface area contributed by atoms with Crippen LogP contribution in [0.2, 0.25) is 5.02 Å². The fourth-order valence-electron chi connectivity index (χ4n) is 3.37. The zero-order chi connectivity index (χ0) is 19.4. The van der Waals surface area contributed by atoms with Crippen molar-refractivity contribution in [1.82, 2.24) is 15.0 Å². The molecule has 8 heteroatoms. The number of aryl methyl sites for hydroxylation is 1. The highest BCUT2D eigenvalue weighted by atomic mass is 35.5. The van der Waals surface area contributed by atoms with Crippen molar-refractivity contribution in [2.75, 3.05) is 31.5 Å². The molecule has 0 radical (unpaired) electrons.